The number of ether oxygens (including phenoxy) is 2. The molecular formula is C19H20N4O5S. The molecule has 9 nitrogen and oxygen atoms in total. The van der Waals surface area contributed by atoms with Gasteiger partial charge in [0, 0.05) is 31.0 Å². The zero-order valence-electron chi connectivity index (χ0n) is 15.5. The SMILES string of the molecule is O=S(=O)(CCOc1ccccc1)N1CCO[C@@H](c2nc(-c3cccnc3)no2)C1. The van der Waals surface area contributed by atoms with Gasteiger partial charge in [0.1, 0.15) is 12.4 Å². The fraction of sp³-hybridized carbons (Fsp3) is 0.316. The van der Waals surface area contributed by atoms with Crippen LogP contribution in [0.5, 0.6) is 5.75 Å². The monoisotopic (exact) mass is 416 g/mol. The lowest BCUT2D eigenvalue weighted by atomic mass is 10.2. The van der Waals surface area contributed by atoms with Gasteiger partial charge in [-0.25, -0.2) is 8.42 Å². The van der Waals surface area contributed by atoms with Crippen LogP contribution in [-0.4, -0.2) is 59.9 Å². The van der Waals surface area contributed by atoms with Gasteiger partial charge in [-0.3, -0.25) is 4.98 Å². The van der Waals surface area contributed by atoms with Gasteiger partial charge in [0.05, 0.1) is 12.4 Å². The second-order valence-corrected chi connectivity index (χ2v) is 8.48. The van der Waals surface area contributed by atoms with E-state index < -0.39 is 16.1 Å². The van der Waals surface area contributed by atoms with Crippen LogP contribution in [0.2, 0.25) is 0 Å². The minimum Gasteiger partial charge on any atom is -0.492 e. The first-order valence-electron chi connectivity index (χ1n) is 9.13. The van der Waals surface area contributed by atoms with E-state index in [4.69, 9.17) is 14.0 Å². The number of sulfonamides is 1. The minimum atomic E-state index is -3.51. The molecule has 1 aliphatic rings. The normalized spacial score (nSPS) is 17.9. The molecule has 0 N–H and O–H groups in total. The molecule has 0 saturated carbocycles. The van der Waals surface area contributed by atoms with E-state index in [1.807, 2.05) is 24.3 Å². The second-order valence-electron chi connectivity index (χ2n) is 6.39. The summed E-state index contributed by atoms with van der Waals surface area (Å²) in [5.74, 6) is 1.13. The third-order valence-electron chi connectivity index (χ3n) is 4.41. The van der Waals surface area contributed by atoms with Gasteiger partial charge >= 0.3 is 0 Å². The van der Waals surface area contributed by atoms with E-state index in [0.29, 0.717) is 17.1 Å². The van der Waals surface area contributed by atoms with Crippen LogP contribution in [0.25, 0.3) is 11.4 Å². The van der Waals surface area contributed by atoms with Gasteiger partial charge in [0.25, 0.3) is 5.89 Å². The third kappa shape index (κ3) is 4.78. The highest BCUT2D eigenvalue weighted by Crippen LogP contribution is 2.25. The van der Waals surface area contributed by atoms with Crippen molar-refractivity contribution in [1.29, 1.82) is 0 Å². The molecule has 3 heterocycles. The molecule has 0 aliphatic carbocycles. The van der Waals surface area contributed by atoms with Crippen molar-refractivity contribution in [3.63, 3.8) is 0 Å². The molecule has 1 aliphatic heterocycles. The maximum atomic E-state index is 12.7. The van der Waals surface area contributed by atoms with E-state index in [2.05, 4.69) is 15.1 Å². The van der Waals surface area contributed by atoms with Gasteiger partial charge < -0.3 is 14.0 Å². The summed E-state index contributed by atoms with van der Waals surface area (Å²) in [5.41, 5.74) is 0.709. The van der Waals surface area contributed by atoms with E-state index in [9.17, 15) is 8.42 Å². The number of nitrogens with zero attached hydrogens (tertiary/aromatic N) is 4. The number of hydrogen-bond acceptors (Lipinski definition) is 8. The number of rotatable bonds is 7. The summed E-state index contributed by atoms with van der Waals surface area (Å²) in [7, 11) is -3.51. The van der Waals surface area contributed by atoms with Gasteiger partial charge in [-0.05, 0) is 24.3 Å². The molecule has 29 heavy (non-hydrogen) atoms. The molecule has 1 fully saturated rings. The molecule has 2 aromatic heterocycles. The minimum absolute atomic E-state index is 0.0695. The van der Waals surface area contributed by atoms with Gasteiger partial charge in [-0.2, -0.15) is 9.29 Å². The Morgan fingerprint density at radius 3 is 2.83 bits per heavy atom. The smallest absolute Gasteiger partial charge is 0.257 e. The summed E-state index contributed by atoms with van der Waals surface area (Å²) in [5, 5.41) is 3.94. The van der Waals surface area contributed by atoms with Crippen molar-refractivity contribution in [1.82, 2.24) is 19.4 Å². The zero-order chi connectivity index (χ0) is 20.1. The van der Waals surface area contributed by atoms with Crippen LogP contribution in [-0.2, 0) is 14.8 Å². The Balaban J connectivity index is 1.38. The number of benzene rings is 1. The van der Waals surface area contributed by atoms with E-state index in [-0.39, 0.29) is 37.9 Å². The zero-order valence-corrected chi connectivity index (χ0v) is 16.4. The molecule has 0 radical (unpaired) electrons. The lowest BCUT2D eigenvalue weighted by molar-refractivity contribution is -0.0200. The lowest BCUT2D eigenvalue weighted by Crippen LogP contribution is -2.44. The van der Waals surface area contributed by atoms with Crippen LogP contribution in [0.15, 0.2) is 59.4 Å². The van der Waals surface area contributed by atoms with Crippen molar-refractivity contribution in [2.75, 3.05) is 32.1 Å². The maximum Gasteiger partial charge on any atom is 0.257 e. The van der Waals surface area contributed by atoms with Crippen LogP contribution >= 0.6 is 0 Å². The maximum absolute atomic E-state index is 12.7. The van der Waals surface area contributed by atoms with Crippen molar-refractivity contribution in [2.45, 2.75) is 6.10 Å². The molecule has 0 unspecified atom stereocenters. The predicted molar refractivity (Wildman–Crippen MR) is 104 cm³/mol. The van der Waals surface area contributed by atoms with Crippen molar-refractivity contribution in [3.05, 3.63) is 60.7 Å². The summed E-state index contributed by atoms with van der Waals surface area (Å²) >= 11 is 0. The fourth-order valence-corrected chi connectivity index (χ4v) is 4.18. The van der Waals surface area contributed by atoms with Gasteiger partial charge in [-0.1, -0.05) is 23.4 Å². The Morgan fingerprint density at radius 2 is 2.03 bits per heavy atom. The first kappa shape index (κ1) is 19.5. The number of para-hydroxylation sites is 1. The average molecular weight is 416 g/mol. The largest absolute Gasteiger partial charge is 0.492 e. The lowest BCUT2D eigenvalue weighted by Gasteiger charge is -2.30. The van der Waals surface area contributed by atoms with E-state index in [0.717, 1.165) is 0 Å². The molecule has 1 saturated heterocycles. The predicted octanol–water partition coefficient (Wildman–Crippen LogP) is 1.91. The molecular weight excluding hydrogens is 396 g/mol. The van der Waals surface area contributed by atoms with Crippen LogP contribution in [0.3, 0.4) is 0 Å². The van der Waals surface area contributed by atoms with Gasteiger partial charge in [0.15, 0.2) is 6.10 Å². The molecule has 1 aromatic carbocycles. The van der Waals surface area contributed by atoms with Crippen molar-refractivity contribution >= 4 is 10.0 Å². The van der Waals surface area contributed by atoms with E-state index in [1.54, 1.807) is 30.6 Å². The quantitative estimate of drug-likeness (QED) is 0.575. The molecule has 1 atom stereocenters. The highest BCUT2D eigenvalue weighted by molar-refractivity contribution is 7.89. The summed E-state index contributed by atoms with van der Waals surface area (Å²) in [6, 6.07) is 12.7. The fourth-order valence-electron chi connectivity index (χ4n) is 2.92. The van der Waals surface area contributed by atoms with Crippen LogP contribution in [0.1, 0.15) is 12.0 Å². The highest BCUT2D eigenvalue weighted by Gasteiger charge is 2.33. The number of aromatic nitrogens is 3. The van der Waals surface area contributed by atoms with Gasteiger partial charge in [-0.15, -0.1) is 0 Å². The second kappa shape index (κ2) is 8.68. The summed E-state index contributed by atoms with van der Waals surface area (Å²) in [6.07, 6.45) is 2.66. The summed E-state index contributed by atoms with van der Waals surface area (Å²) < 4.78 is 43.2. The summed E-state index contributed by atoms with van der Waals surface area (Å²) in [6.45, 7) is 0.699. The topological polar surface area (TPSA) is 108 Å². The number of morpholine rings is 1. The molecule has 152 valence electrons. The van der Waals surface area contributed by atoms with Crippen LogP contribution in [0, 0.1) is 0 Å². The molecule has 0 spiro atoms. The van der Waals surface area contributed by atoms with Crippen molar-refractivity contribution < 1.29 is 22.4 Å². The molecule has 0 amide bonds. The Labute approximate surface area is 168 Å². The molecule has 0 bridgehead atoms. The van der Waals surface area contributed by atoms with Crippen molar-refractivity contribution in [2.24, 2.45) is 0 Å². The molecule has 3 aromatic rings. The number of hydrogen-bond donors (Lipinski definition) is 0. The van der Waals surface area contributed by atoms with E-state index >= 15 is 0 Å². The van der Waals surface area contributed by atoms with Gasteiger partial charge in [0.2, 0.25) is 15.8 Å². The van der Waals surface area contributed by atoms with E-state index in [1.165, 1.54) is 4.31 Å². The molecule has 4 rings (SSSR count). The first-order valence-corrected chi connectivity index (χ1v) is 10.7. The Hall–Kier alpha value is -2.82. The van der Waals surface area contributed by atoms with Crippen LogP contribution < -0.4 is 4.74 Å². The van der Waals surface area contributed by atoms with Crippen molar-refractivity contribution in [3.8, 4) is 17.1 Å². The molecule has 10 heteroatoms. The average Bonchev–Trinajstić information content (AvgIpc) is 3.26. The Morgan fingerprint density at radius 1 is 1.17 bits per heavy atom. The Bertz CT molecular complexity index is 1030. The number of pyridine rings is 1. The first-order chi connectivity index (χ1) is 14.1. The third-order valence-corrected chi connectivity index (χ3v) is 6.21. The Kier molecular flexibility index (Phi) is 5.84. The standard InChI is InChI=1S/C19H20N4O5S/c24-29(25,12-11-26-16-6-2-1-3-7-16)23-9-10-27-17(14-23)19-21-18(22-28-19)15-5-4-8-20-13-15/h1-8,13,17H,9-12,14H2/t17-/m1/s1. The summed E-state index contributed by atoms with van der Waals surface area (Å²) in [4.78, 5) is 8.36. The van der Waals surface area contributed by atoms with Crippen LogP contribution in [0.4, 0.5) is 0 Å². The highest BCUT2D eigenvalue weighted by atomic mass is 32.2.